The number of nitrogens with two attached hydrogens (primary N) is 1. The van der Waals surface area contributed by atoms with E-state index in [0.29, 0.717) is 13.0 Å². The van der Waals surface area contributed by atoms with Crippen LogP contribution in [0.4, 0.5) is 0 Å². The minimum atomic E-state index is -4.29. The minimum Gasteiger partial charge on any atom is -0.457 e. The molecule has 0 saturated heterocycles. The largest absolute Gasteiger partial charge is 0.472 e. The van der Waals surface area contributed by atoms with Crippen molar-refractivity contribution < 1.29 is 32.8 Å². The number of esters is 1. The molecule has 0 bridgehead atoms. The zero-order valence-electron chi connectivity index (χ0n) is 41.5. The van der Waals surface area contributed by atoms with Crippen LogP contribution in [0, 0.1) is 0 Å². The zero-order chi connectivity index (χ0) is 46.5. The lowest BCUT2D eigenvalue weighted by Gasteiger charge is -2.20. The average Bonchev–Trinajstić information content (AvgIpc) is 3.29. The summed E-state index contributed by atoms with van der Waals surface area (Å²) in [6.45, 7) is 4.79. The lowest BCUT2D eigenvalue weighted by atomic mass is 10.0. The van der Waals surface area contributed by atoms with E-state index in [0.717, 1.165) is 77.0 Å². The third-order valence-electron chi connectivity index (χ3n) is 11.1. The standard InChI is InChI=1S/C55H100NO7P/c1-3-5-7-9-11-13-15-17-19-21-23-25-26-27-28-29-30-32-34-36-38-40-42-44-46-48-55(57)63-54(53-62-64(58,59)61-51-49-56)52-60-50-47-45-43-41-39-37-35-33-31-24-22-20-18-16-14-12-10-8-6-4-2/h6,8,12,14-15,17-18,20-21,23-24,31,54H,3-5,7,9-11,13,16,19,22,25-30,32-53,56H2,1-2H3,(H,58,59)/b8-6-,14-12-,17-15-,20-18-,23-21-,31-24-. The number of allylic oxidation sites excluding steroid dienone is 12. The Bertz CT molecular complexity index is 1210. The summed E-state index contributed by atoms with van der Waals surface area (Å²) < 4.78 is 33.6. The lowest BCUT2D eigenvalue weighted by Crippen LogP contribution is -2.28. The normalized spacial score (nSPS) is 13.9. The first-order valence-electron chi connectivity index (χ1n) is 26.4. The highest BCUT2D eigenvalue weighted by atomic mass is 31.2. The SMILES string of the molecule is CC/C=C\C/C=C\C/C=C\C/C=C\CCCCCCCCCOCC(COP(=O)(O)OCCN)OC(=O)CCCCCCCCCCCCCCC/C=C\C/C=C\CCCCCCC. The predicted molar refractivity (Wildman–Crippen MR) is 275 cm³/mol. The zero-order valence-corrected chi connectivity index (χ0v) is 42.4. The van der Waals surface area contributed by atoms with Crippen LogP contribution >= 0.6 is 7.82 Å². The van der Waals surface area contributed by atoms with Crippen LogP contribution < -0.4 is 5.73 Å². The number of ether oxygens (including phenoxy) is 2. The molecule has 0 aromatic carbocycles. The topological polar surface area (TPSA) is 117 Å². The molecule has 2 atom stereocenters. The number of carbonyl (C=O) groups excluding carboxylic acids is 1. The van der Waals surface area contributed by atoms with Crippen molar-refractivity contribution in [2.24, 2.45) is 5.73 Å². The maximum atomic E-state index is 12.7. The highest BCUT2D eigenvalue weighted by molar-refractivity contribution is 7.47. The van der Waals surface area contributed by atoms with Gasteiger partial charge in [-0.2, -0.15) is 0 Å². The van der Waals surface area contributed by atoms with Crippen molar-refractivity contribution in [1.82, 2.24) is 0 Å². The Hall–Kier alpha value is -2.06. The summed E-state index contributed by atoms with van der Waals surface area (Å²) in [5, 5.41) is 0. The molecule has 0 spiro atoms. The molecule has 0 amide bonds. The maximum absolute atomic E-state index is 12.7. The molecule has 0 saturated carbocycles. The third-order valence-corrected chi connectivity index (χ3v) is 12.1. The van der Waals surface area contributed by atoms with E-state index < -0.39 is 13.9 Å². The summed E-state index contributed by atoms with van der Waals surface area (Å²) in [6.07, 6.45) is 66.5. The van der Waals surface area contributed by atoms with Gasteiger partial charge in [-0.05, 0) is 83.5 Å². The first-order valence-corrected chi connectivity index (χ1v) is 27.9. The maximum Gasteiger partial charge on any atom is 0.472 e. The number of hydrogen-bond acceptors (Lipinski definition) is 7. The Morgan fingerprint density at radius 3 is 1.31 bits per heavy atom. The van der Waals surface area contributed by atoms with Crippen molar-refractivity contribution in [2.75, 3.05) is 33.0 Å². The van der Waals surface area contributed by atoms with Crippen LogP contribution in [0.25, 0.3) is 0 Å². The average molecular weight is 918 g/mol. The number of phosphoric acid groups is 1. The van der Waals surface area contributed by atoms with Crippen molar-refractivity contribution in [3.63, 3.8) is 0 Å². The summed E-state index contributed by atoms with van der Waals surface area (Å²) in [7, 11) is -4.29. The van der Waals surface area contributed by atoms with Crippen LogP contribution in [-0.2, 0) is 27.9 Å². The summed E-state index contributed by atoms with van der Waals surface area (Å²) in [4.78, 5) is 22.6. The van der Waals surface area contributed by atoms with E-state index in [4.69, 9.17) is 24.3 Å². The van der Waals surface area contributed by atoms with Gasteiger partial charge in [-0.25, -0.2) is 4.57 Å². The highest BCUT2D eigenvalue weighted by Gasteiger charge is 2.25. The molecule has 0 aliphatic rings. The van der Waals surface area contributed by atoms with Crippen LogP contribution in [0.3, 0.4) is 0 Å². The Balaban J connectivity index is 3.94. The predicted octanol–water partition coefficient (Wildman–Crippen LogP) is 16.6. The van der Waals surface area contributed by atoms with E-state index in [1.165, 1.54) is 135 Å². The van der Waals surface area contributed by atoms with Crippen LogP contribution in [0.2, 0.25) is 0 Å². The van der Waals surface area contributed by atoms with Gasteiger partial charge in [0.1, 0.15) is 6.10 Å². The molecule has 2 unspecified atom stereocenters. The Kier molecular flexibility index (Phi) is 50.2. The number of hydrogen-bond donors (Lipinski definition) is 2. The van der Waals surface area contributed by atoms with Gasteiger partial charge in [-0.3, -0.25) is 13.8 Å². The molecule has 0 aliphatic heterocycles. The van der Waals surface area contributed by atoms with Gasteiger partial charge in [0, 0.05) is 19.6 Å². The third kappa shape index (κ3) is 50.9. The second-order valence-corrected chi connectivity index (χ2v) is 18.8. The molecule has 8 nitrogen and oxygen atoms in total. The van der Waals surface area contributed by atoms with E-state index in [1.807, 2.05) is 0 Å². The number of unbranched alkanes of at least 4 members (excludes halogenated alkanes) is 25. The summed E-state index contributed by atoms with van der Waals surface area (Å²) in [5.41, 5.74) is 5.39. The van der Waals surface area contributed by atoms with Crippen molar-refractivity contribution in [1.29, 1.82) is 0 Å². The van der Waals surface area contributed by atoms with Gasteiger partial charge in [0.2, 0.25) is 0 Å². The highest BCUT2D eigenvalue weighted by Crippen LogP contribution is 2.43. The van der Waals surface area contributed by atoms with E-state index in [1.54, 1.807) is 0 Å². The Morgan fingerprint density at radius 1 is 0.484 bits per heavy atom. The molecular formula is C55H100NO7P. The Morgan fingerprint density at radius 2 is 0.875 bits per heavy atom. The molecule has 0 aliphatic carbocycles. The second kappa shape index (κ2) is 51.9. The van der Waals surface area contributed by atoms with E-state index in [-0.39, 0.29) is 32.3 Å². The fourth-order valence-electron chi connectivity index (χ4n) is 7.25. The molecular weight excluding hydrogens is 818 g/mol. The van der Waals surface area contributed by atoms with Crippen molar-refractivity contribution >= 4 is 13.8 Å². The van der Waals surface area contributed by atoms with Crippen molar-refractivity contribution in [3.8, 4) is 0 Å². The minimum absolute atomic E-state index is 0.0955. The molecule has 372 valence electrons. The smallest absolute Gasteiger partial charge is 0.457 e. The first kappa shape index (κ1) is 61.9. The lowest BCUT2D eigenvalue weighted by molar-refractivity contribution is -0.154. The van der Waals surface area contributed by atoms with Crippen LogP contribution in [-0.4, -0.2) is 49.9 Å². The van der Waals surface area contributed by atoms with Gasteiger partial charge >= 0.3 is 13.8 Å². The van der Waals surface area contributed by atoms with E-state index in [2.05, 4.69) is 86.8 Å². The molecule has 0 radical (unpaired) electrons. The van der Waals surface area contributed by atoms with Crippen LogP contribution in [0.15, 0.2) is 72.9 Å². The summed E-state index contributed by atoms with van der Waals surface area (Å²) >= 11 is 0. The second-order valence-electron chi connectivity index (χ2n) is 17.4. The van der Waals surface area contributed by atoms with Gasteiger partial charge < -0.3 is 20.1 Å². The van der Waals surface area contributed by atoms with Gasteiger partial charge in [-0.15, -0.1) is 0 Å². The fourth-order valence-corrected chi connectivity index (χ4v) is 8.02. The molecule has 0 fully saturated rings. The van der Waals surface area contributed by atoms with Gasteiger partial charge in [0.25, 0.3) is 0 Å². The fraction of sp³-hybridized carbons (Fsp3) is 0.764. The first-order chi connectivity index (χ1) is 31.4. The summed E-state index contributed by atoms with van der Waals surface area (Å²) in [6, 6.07) is 0. The molecule has 3 N–H and O–H groups in total. The quantitative estimate of drug-likeness (QED) is 0.0268. The molecule has 0 heterocycles. The molecule has 9 heteroatoms. The van der Waals surface area contributed by atoms with Crippen molar-refractivity contribution in [3.05, 3.63) is 72.9 Å². The number of phosphoric ester groups is 1. The van der Waals surface area contributed by atoms with Gasteiger partial charge in [0.15, 0.2) is 0 Å². The molecule has 0 aromatic heterocycles. The van der Waals surface area contributed by atoms with Gasteiger partial charge in [-0.1, -0.05) is 215 Å². The van der Waals surface area contributed by atoms with Crippen molar-refractivity contribution in [2.45, 2.75) is 238 Å². The Labute approximate surface area is 395 Å². The monoisotopic (exact) mass is 918 g/mol. The van der Waals surface area contributed by atoms with Gasteiger partial charge in [0.05, 0.1) is 19.8 Å². The molecule has 64 heavy (non-hydrogen) atoms. The number of carbonyl (C=O) groups is 1. The van der Waals surface area contributed by atoms with E-state index >= 15 is 0 Å². The van der Waals surface area contributed by atoms with E-state index in [9.17, 15) is 14.3 Å². The van der Waals surface area contributed by atoms with Crippen LogP contribution in [0.1, 0.15) is 232 Å². The number of rotatable bonds is 50. The van der Waals surface area contributed by atoms with Crippen LogP contribution in [0.5, 0.6) is 0 Å². The molecule has 0 rings (SSSR count). The summed E-state index contributed by atoms with van der Waals surface area (Å²) in [5.74, 6) is -0.335. The molecule has 0 aromatic rings.